The Balaban J connectivity index is 2.42. The minimum absolute atomic E-state index is 0.0117. The number of nitrogens with one attached hydrogen (secondary N) is 1. The van der Waals surface area contributed by atoms with Crippen molar-refractivity contribution < 1.29 is 19.4 Å². The topological polar surface area (TPSA) is 78.9 Å². The van der Waals surface area contributed by atoms with Gasteiger partial charge in [-0.25, -0.2) is 4.79 Å². The molecule has 1 unspecified atom stereocenters. The van der Waals surface area contributed by atoms with E-state index in [4.69, 9.17) is 9.84 Å². The maximum atomic E-state index is 12.0. The molecule has 0 saturated heterocycles. The van der Waals surface area contributed by atoms with Gasteiger partial charge in [-0.2, -0.15) is 0 Å². The zero-order valence-corrected chi connectivity index (χ0v) is 12.4. The number of hydrogen-bond acceptors (Lipinski definition) is 3. The van der Waals surface area contributed by atoms with Crippen LogP contribution in [0.2, 0.25) is 0 Å². The van der Waals surface area contributed by atoms with Gasteiger partial charge in [0.2, 0.25) is 0 Å². The largest absolute Gasteiger partial charge is 0.481 e. The van der Waals surface area contributed by atoms with Gasteiger partial charge in [-0.15, -0.1) is 0 Å². The molecule has 1 aliphatic heterocycles. The van der Waals surface area contributed by atoms with E-state index in [2.05, 4.69) is 5.32 Å². The second-order valence-electron chi connectivity index (χ2n) is 5.37. The Kier molecular flexibility index (Phi) is 6.51. The quantitative estimate of drug-likeness (QED) is 0.721. The highest BCUT2D eigenvalue weighted by Crippen LogP contribution is 2.12. The third kappa shape index (κ3) is 4.85. The molecule has 114 valence electrons. The summed E-state index contributed by atoms with van der Waals surface area (Å²) in [6.07, 6.45) is 2.79. The Hall–Kier alpha value is -1.56. The Morgan fingerprint density at radius 3 is 2.65 bits per heavy atom. The lowest BCUT2D eigenvalue weighted by Gasteiger charge is -2.27. The first kappa shape index (κ1) is 16.5. The third-order valence-corrected chi connectivity index (χ3v) is 3.52. The highest BCUT2D eigenvalue weighted by atomic mass is 16.5. The molecule has 0 aromatic heterocycles. The highest BCUT2D eigenvalue weighted by molar-refractivity contribution is 5.76. The number of aliphatic carboxylic acids is 1. The summed E-state index contributed by atoms with van der Waals surface area (Å²) >= 11 is 0. The number of urea groups is 1. The van der Waals surface area contributed by atoms with E-state index in [9.17, 15) is 9.59 Å². The van der Waals surface area contributed by atoms with Gasteiger partial charge in [0.05, 0.1) is 12.5 Å². The van der Waals surface area contributed by atoms with Crippen LogP contribution in [0.5, 0.6) is 0 Å². The van der Waals surface area contributed by atoms with Crippen molar-refractivity contribution in [2.75, 3.05) is 33.4 Å². The van der Waals surface area contributed by atoms with Gasteiger partial charge in [-0.05, 0) is 17.9 Å². The van der Waals surface area contributed by atoms with Crippen LogP contribution in [0.4, 0.5) is 4.79 Å². The van der Waals surface area contributed by atoms with Crippen LogP contribution in [-0.2, 0) is 9.53 Å². The normalized spacial score (nSPS) is 16.8. The fourth-order valence-electron chi connectivity index (χ4n) is 2.13. The smallest absolute Gasteiger partial charge is 0.317 e. The first-order valence-electron chi connectivity index (χ1n) is 6.88. The van der Waals surface area contributed by atoms with Gasteiger partial charge in [-0.3, -0.25) is 4.79 Å². The number of carbonyl (C=O) groups is 2. The number of carboxylic acids is 1. The summed E-state index contributed by atoms with van der Waals surface area (Å²) < 4.78 is 5.06. The van der Waals surface area contributed by atoms with E-state index in [1.165, 1.54) is 5.57 Å². The van der Waals surface area contributed by atoms with Gasteiger partial charge < -0.3 is 20.1 Å². The molecular formula is C14H24N2O4. The maximum absolute atomic E-state index is 12.0. The molecular weight excluding hydrogens is 260 g/mol. The standard InChI is InChI=1S/C14H24N2O4/c1-10(2)12(13(17)18)8-15-14(19)16-6-4-11(5-7-16)9-20-3/h4,10,12H,5-9H2,1-3H3,(H,15,19)(H,17,18). The lowest BCUT2D eigenvalue weighted by Crippen LogP contribution is -2.45. The molecule has 1 rings (SSSR count). The monoisotopic (exact) mass is 284 g/mol. The summed E-state index contributed by atoms with van der Waals surface area (Å²) in [5.74, 6) is -1.44. The molecule has 0 aliphatic carbocycles. The number of ether oxygens (including phenoxy) is 1. The predicted molar refractivity (Wildman–Crippen MR) is 75.5 cm³/mol. The van der Waals surface area contributed by atoms with Crippen LogP contribution in [0.1, 0.15) is 20.3 Å². The maximum Gasteiger partial charge on any atom is 0.317 e. The van der Waals surface area contributed by atoms with Crippen molar-refractivity contribution in [2.45, 2.75) is 20.3 Å². The molecule has 0 radical (unpaired) electrons. The average molecular weight is 284 g/mol. The molecule has 1 atom stereocenters. The van der Waals surface area contributed by atoms with Gasteiger partial charge in [0.25, 0.3) is 0 Å². The molecule has 6 heteroatoms. The minimum atomic E-state index is -0.874. The highest BCUT2D eigenvalue weighted by Gasteiger charge is 2.23. The number of methoxy groups -OCH3 is 1. The van der Waals surface area contributed by atoms with Crippen LogP contribution >= 0.6 is 0 Å². The lowest BCUT2D eigenvalue weighted by atomic mass is 9.96. The van der Waals surface area contributed by atoms with Gasteiger partial charge in [-0.1, -0.05) is 19.9 Å². The molecule has 0 saturated carbocycles. The van der Waals surface area contributed by atoms with Crippen molar-refractivity contribution in [3.63, 3.8) is 0 Å². The third-order valence-electron chi connectivity index (χ3n) is 3.52. The van der Waals surface area contributed by atoms with Crippen molar-refractivity contribution in [1.29, 1.82) is 0 Å². The van der Waals surface area contributed by atoms with Crippen LogP contribution in [0.25, 0.3) is 0 Å². The average Bonchev–Trinajstić information content (AvgIpc) is 2.39. The first-order chi connectivity index (χ1) is 9.45. The molecule has 0 fully saturated rings. The minimum Gasteiger partial charge on any atom is -0.481 e. The molecule has 20 heavy (non-hydrogen) atoms. The van der Waals surface area contributed by atoms with Crippen molar-refractivity contribution in [3.05, 3.63) is 11.6 Å². The van der Waals surface area contributed by atoms with Gasteiger partial charge in [0.1, 0.15) is 0 Å². The Labute approximate surface area is 119 Å². The second-order valence-corrected chi connectivity index (χ2v) is 5.37. The van der Waals surface area contributed by atoms with E-state index in [0.717, 1.165) is 6.42 Å². The fourth-order valence-corrected chi connectivity index (χ4v) is 2.13. The predicted octanol–water partition coefficient (Wildman–Crippen LogP) is 1.33. The SMILES string of the molecule is COCC1=CCN(C(=O)NCC(C(=O)O)C(C)C)CC1. The van der Waals surface area contributed by atoms with Crippen LogP contribution in [0.15, 0.2) is 11.6 Å². The molecule has 2 N–H and O–H groups in total. The van der Waals surface area contributed by atoms with E-state index < -0.39 is 11.9 Å². The summed E-state index contributed by atoms with van der Waals surface area (Å²) in [4.78, 5) is 24.7. The lowest BCUT2D eigenvalue weighted by molar-refractivity contribution is -0.142. The number of rotatable bonds is 6. The first-order valence-corrected chi connectivity index (χ1v) is 6.88. The molecule has 0 spiro atoms. The number of carboxylic acid groups (broad SMARTS) is 1. The van der Waals surface area contributed by atoms with Crippen LogP contribution < -0.4 is 5.32 Å². The van der Waals surface area contributed by atoms with Gasteiger partial charge >= 0.3 is 12.0 Å². The number of hydrogen-bond donors (Lipinski definition) is 2. The molecule has 0 aromatic carbocycles. The summed E-state index contributed by atoms with van der Waals surface area (Å²) in [5.41, 5.74) is 1.20. The van der Waals surface area contributed by atoms with E-state index in [0.29, 0.717) is 19.7 Å². The number of carbonyl (C=O) groups excluding carboxylic acids is 1. The Bertz CT molecular complexity index is 379. The molecule has 1 heterocycles. The molecule has 0 bridgehead atoms. The second kappa shape index (κ2) is 7.89. The molecule has 0 aromatic rings. The Morgan fingerprint density at radius 1 is 1.50 bits per heavy atom. The number of nitrogens with zero attached hydrogens (tertiary/aromatic N) is 1. The van der Waals surface area contributed by atoms with E-state index in [1.807, 2.05) is 19.9 Å². The fraction of sp³-hybridized carbons (Fsp3) is 0.714. The van der Waals surface area contributed by atoms with Crippen molar-refractivity contribution >= 4 is 12.0 Å². The van der Waals surface area contributed by atoms with Crippen LogP contribution in [0, 0.1) is 11.8 Å². The summed E-state index contributed by atoms with van der Waals surface area (Å²) in [6, 6.07) is -0.204. The van der Waals surface area contributed by atoms with Crippen LogP contribution in [-0.4, -0.2) is 55.4 Å². The zero-order chi connectivity index (χ0) is 15.1. The summed E-state index contributed by atoms with van der Waals surface area (Å²) in [6.45, 7) is 5.63. The molecule has 1 aliphatic rings. The Morgan fingerprint density at radius 2 is 2.20 bits per heavy atom. The van der Waals surface area contributed by atoms with Gasteiger partial charge in [0.15, 0.2) is 0 Å². The number of amides is 2. The van der Waals surface area contributed by atoms with E-state index >= 15 is 0 Å². The summed E-state index contributed by atoms with van der Waals surface area (Å²) in [5, 5.41) is 11.8. The van der Waals surface area contributed by atoms with E-state index in [1.54, 1.807) is 12.0 Å². The van der Waals surface area contributed by atoms with E-state index in [-0.39, 0.29) is 18.5 Å². The van der Waals surface area contributed by atoms with Crippen molar-refractivity contribution in [1.82, 2.24) is 10.2 Å². The van der Waals surface area contributed by atoms with Crippen molar-refractivity contribution in [2.24, 2.45) is 11.8 Å². The molecule has 6 nitrogen and oxygen atoms in total. The molecule has 2 amide bonds. The van der Waals surface area contributed by atoms with Crippen LogP contribution in [0.3, 0.4) is 0 Å². The van der Waals surface area contributed by atoms with Gasteiger partial charge in [0, 0.05) is 26.7 Å². The summed E-state index contributed by atoms with van der Waals surface area (Å²) in [7, 11) is 1.65. The zero-order valence-electron chi connectivity index (χ0n) is 12.4. The van der Waals surface area contributed by atoms with Crippen molar-refractivity contribution in [3.8, 4) is 0 Å².